The first kappa shape index (κ1) is 13.0. The molecule has 5 nitrogen and oxygen atoms in total. The molecule has 0 spiro atoms. The molecule has 1 aliphatic carbocycles. The average Bonchev–Trinajstić information content (AvgIpc) is 2.75. The molecule has 1 aromatic heterocycles. The highest BCUT2D eigenvalue weighted by Crippen LogP contribution is 2.33. The SMILES string of the molecule is CC1CCC(n2c(=O)[nH]c3cccc(C(=O)O)c32)CC1. The van der Waals surface area contributed by atoms with Gasteiger partial charge in [-0.25, -0.2) is 9.59 Å². The number of nitrogens with one attached hydrogen (secondary N) is 1. The third-order valence-corrected chi connectivity index (χ3v) is 4.32. The van der Waals surface area contributed by atoms with Crippen molar-refractivity contribution in [3.05, 3.63) is 34.2 Å². The van der Waals surface area contributed by atoms with Gasteiger partial charge in [0.1, 0.15) is 0 Å². The van der Waals surface area contributed by atoms with Gasteiger partial charge >= 0.3 is 11.7 Å². The smallest absolute Gasteiger partial charge is 0.337 e. The van der Waals surface area contributed by atoms with E-state index in [9.17, 15) is 14.7 Å². The van der Waals surface area contributed by atoms with Crippen LogP contribution in [0.5, 0.6) is 0 Å². The molecule has 1 fully saturated rings. The number of H-pyrrole nitrogens is 1. The first-order valence-electron chi connectivity index (χ1n) is 7.04. The van der Waals surface area contributed by atoms with Crippen molar-refractivity contribution in [1.82, 2.24) is 9.55 Å². The van der Waals surface area contributed by atoms with Crippen molar-refractivity contribution < 1.29 is 9.90 Å². The van der Waals surface area contributed by atoms with E-state index in [2.05, 4.69) is 11.9 Å². The van der Waals surface area contributed by atoms with Crippen molar-refractivity contribution in [3.63, 3.8) is 0 Å². The highest BCUT2D eigenvalue weighted by Gasteiger charge is 2.25. The number of carbonyl (C=O) groups is 1. The second-order valence-corrected chi connectivity index (χ2v) is 5.72. The van der Waals surface area contributed by atoms with Crippen LogP contribution in [0.15, 0.2) is 23.0 Å². The largest absolute Gasteiger partial charge is 0.478 e. The molecule has 3 rings (SSSR count). The maximum Gasteiger partial charge on any atom is 0.337 e. The summed E-state index contributed by atoms with van der Waals surface area (Å²) < 4.78 is 1.66. The predicted octanol–water partition coefficient (Wildman–Crippen LogP) is 2.78. The first-order valence-corrected chi connectivity index (χ1v) is 7.04. The van der Waals surface area contributed by atoms with E-state index in [1.807, 2.05) is 0 Å². The van der Waals surface area contributed by atoms with Gasteiger partial charge < -0.3 is 10.1 Å². The van der Waals surface area contributed by atoms with Crippen LogP contribution in [-0.2, 0) is 0 Å². The van der Waals surface area contributed by atoms with Crippen molar-refractivity contribution in [2.45, 2.75) is 38.6 Å². The number of aromatic amines is 1. The molecule has 5 heteroatoms. The second-order valence-electron chi connectivity index (χ2n) is 5.72. The number of para-hydroxylation sites is 1. The van der Waals surface area contributed by atoms with E-state index in [1.54, 1.807) is 22.8 Å². The van der Waals surface area contributed by atoms with E-state index in [0.29, 0.717) is 17.0 Å². The normalized spacial score (nSPS) is 23.1. The Balaban J connectivity index is 2.17. The molecule has 0 aliphatic heterocycles. The predicted molar refractivity (Wildman–Crippen MR) is 76.2 cm³/mol. The number of rotatable bonds is 2. The Kier molecular flexibility index (Phi) is 3.12. The van der Waals surface area contributed by atoms with E-state index >= 15 is 0 Å². The molecular weight excluding hydrogens is 256 g/mol. The minimum Gasteiger partial charge on any atom is -0.478 e. The summed E-state index contributed by atoms with van der Waals surface area (Å²) >= 11 is 0. The van der Waals surface area contributed by atoms with E-state index < -0.39 is 5.97 Å². The first-order chi connectivity index (χ1) is 9.58. The molecule has 2 N–H and O–H groups in total. The highest BCUT2D eigenvalue weighted by atomic mass is 16.4. The summed E-state index contributed by atoms with van der Waals surface area (Å²) in [7, 11) is 0. The van der Waals surface area contributed by atoms with E-state index in [1.165, 1.54) is 0 Å². The monoisotopic (exact) mass is 274 g/mol. The van der Waals surface area contributed by atoms with Crippen LogP contribution in [0.25, 0.3) is 11.0 Å². The molecule has 0 saturated heterocycles. The zero-order chi connectivity index (χ0) is 14.3. The van der Waals surface area contributed by atoms with Crippen molar-refractivity contribution in [2.75, 3.05) is 0 Å². The summed E-state index contributed by atoms with van der Waals surface area (Å²) in [5.74, 6) is -0.307. The number of carboxylic acid groups (broad SMARTS) is 1. The van der Waals surface area contributed by atoms with Gasteiger partial charge in [-0.2, -0.15) is 0 Å². The summed E-state index contributed by atoms with van der Waals surface area (Å²) in [6.45, 7) is 2.22. The van der Waals surface area contributed by atoms with Crippen LogP contribution >= 0.6 is 0 Å². The fourth-order valence-electron chi connectivity index (χ4n) is 3.20. The van der Waals surface area contributed by atoms with Gasteiger partial charge in [0.2, 0.25) is 0 Å². The van der Waals surface area contributed by atoms with Crippen LogP contribution in [0.3, 0.4) is 0 Å². The van der Waals surface area contributed by atoms with Crippen LogP contribution < -0.4 is 5.69 Å². The van der Waals surface area contributed by atoms with Gasteiger partial charge in [0.15, 0.2) is 0 Å². The molecule has 0 atom stereocenters. The standard InChI is InChI=1S/C15H18N2O3/c1-9-5-7-10(8-6-9)17-13-11(14(18)19)3-2-4-12(13)16-15(17)20/h2-4,9-10H,5-8H2,1H3,(H,16,20)(H,18,19). The molecule has 0 radical (unpaired) electrons. The third-order valence-electron chi connectivity index (χ3n) is 4.32. The Labute approximate surface area is 116 Å². The number of hydrogen-bond donors (Lipinski definition) is 2. The van der Waals surface area contributed by atoms with Gasteiger partial charge in [-0.1, -0.05) is 13.0 Å². The van der Waals surface area contributed by atoms with Crippen molar-refractivity contribution in [2.24, 2.45) is 5.92 Å². The summed E-state index contributed by atoms with van der Waals surface area (Å²) in [5, 5.41) is 9.33. The van der Waals surface area contributed by atoms with Crippen LogP contribution in [0.2, 0.25) is 0 Å². The summed E-state index contributed by atoms with van der Waals surface area (Å²) in [6, 6.07) is 5.08. The second kappa shape index (κ2) is 4.81. The Morgan fingerprint density at radius 1 is 1.30 bits per heavy atom. The lowest BCUT2D eigenvalue weighted by molar-refractivity contribution is 0.0698. The van der Waals surface area contributed by atoms with Gasteiger partial charge in [0.25, 0.3) is 0 Å². The minimum absolute atomic E-state index is 0.105. The van der Waals surface area contributed by atoms with Crippen molar-refractivity contribution in [3.8, 4) is 0 Å². The number of imidazole rings is 1. The van der Waals surface area contributed by atoms with Gasteiger partial charge in [-0.15, -0.1) is 0 Å². The minimum atomic E-state index is -0.993. The maximum absolute atomic E-state index is 12.2. The number of benzene rings is 1. The quantitative estimate of drug-likeness (QED) is 0.884. The number of aromatic nitrogens is 2. The van der Waals surface area contributed by atoms with E-state index in [4.69, 9.17) is 0 Å². The van der Waals surface area contributed by atoms with Crippen LogP contribution in [0.1, 0.15) is 49.0 Å². The number of aromatic carboxylic acids is 1. The molecule has 1 aromatic carbocycles. The number of fused-ring (bicyclic) bond motifs is 1. The third kappa shape index (κ3) is 2.03. The average molecular weight is 274 g/mol. The van der Waals surface area contributed by atoms with E-state index in [-0.39, 0.29) is 17.3 Å². The van der Waals surface area contributed by atoms with Crippen LogP contribution in [-0.4, -0.2) is 20.6 Å². The van der Waals surface area contributed by atoms with Crippen molar-refractivity contribution >= 4 is 17.0 Å². The van der Waals surface area contributed by atoms with Crippen LogP contribution in [0, 0.1) is 5.92 Å². The van der Waals surface area contributed by atoms with Gasteiger partial charge in [-0.3, -0.25) is 4.57 Å². The Morgan fingerprint density at radius 2 is 2.00 bits per heavy atom. The zero-order valence-corrected chi connectivity index (χ0v) is 11.4. The van der Waals surface area contributed by atoms with Gasteiger partial charge in [-0.05, 0) is 43.7 Å². The summed E-state index contributed by atoms with van der Waals surface area (Å²) in [6.07, 6.45) is 4.03. The molecule has 0 amide bonds. The number of hydrogen-bond acceptors (Lipinski definition) is 2. The van der Waals surface area contributed by atoms with Crippen molar-refractivity contribution in [1.29, 1.82) is 0 Å². The topological polar surface area (TPSA) is 75.1 Å². The lowest BCUT2D eigenvalue weighted by Gasteiger charge is -2.27. The molecular formula is C15H18N2O3. The molecule has 0 bridgehead atoms. The number of carboxylic acids is 1. The Morgan fingerprint density at radius 3 is 2.65 bits per heavy atom. The highest BCUT2D eigenvalue weighted by molar-refractivity contribution is 6.01. The van der Waals surface area contributed by atoms with E-state index in [0.717, 1.165) is 25.7 Å². The lowest BCUT2D eigenvalue weighted by Crippen LogP contribution is -2.26. The fraction of sp³-hybridized carbons (Fsp3) is 0.467. The Bertz CT molecular complexity index is 705. The number of nitrogens with zero attached hydrogens (tertiary/aromatic N) is 1. The molecule has 1 saturated carbocycles. The summed E-state index contributed by atoms with van der Waals surface area (Å²) in [4.78, 5) is 26.4. The molecule has 1 aliphatic rings. The lowest BCUT2D eigenvalue weighted by atomic mass is 9.87. The molecule has 2 aromatic rings. The molecule has 20 heavy (non-hydrogen) atoms. The molecule has 1 heterocycles. The van der Waals surface area contributed by atoms with Gasteiger partial charge in [0.05, 0.1) is 16.6 Å². The fourth-order valence-corrected chi connectivity index (χ4v) is 3.20. The Hall–Kier alpha value is -2.04. The molecule has 106 valence electrons. The van der Waals surface area contributed by atoms with Gasteiger partial charge in [0, 0.05) is 6.04 Å². The van der Waals surface area contributed by atoms with Crippen LogP contribution in [0.4, 0.5) is 0 Å². The summed E-state index contributed by atoms with van der Waals surface area (Å²) in [5.41, 5.74) is 1.13. The molecule has 0 unspecified atom stereocenters. The maximum atomic E-state index is 12.2. The zero-order valence-electron chi connectivity index (χ0n) is 11.4.